The highest BCUT2D eigenvalue weighted by Crippen LogP contribution is 2.00. The molecular formula is C6H7BrN2O. The van der Waals surface area contributed by atoms with Crippen LogP contribution in [-0.2, 0) is 6.54 Å². The molecule has 0 unspecified atom stereocenters. The summed E-state index contributed by atoms with van der Waals surface area (Å²) in [6.07, 6.45) is 0. The highest BCUT2D eigenvalue weighted by Gasteiger charge is 1.93. The highest BCUT2D eigenvalue weighted by molar-refractivity contribution is 9.10. The zero-order valence-electron chi connectivity index (χ0n) is 5.23. The Bertz CT molecular complexity index is 281. The Kier molecular flexibility index (Phi) is 2.24. The summed E-state index contributed by atoms with van der Waals surface area (Å²) < 4.78 is 0.532. The van der Waals surface area contributed by atoms with Crippen LogP contribution in [0.4, 0.5) is 0 Å². The van der Waals surface area contributed by atoms with Crippen LogP contribution in [0.25, 0.3) is 0 Å². The lowest BCUT2D eigenvalue weighted by atomic mass is 10.3. The number of hydrogen-bond donors (Lipinski definition) is 2. The van der Waals surface area contributed by atoms with E-state index in [-0.39, 0.29) is 5.56 Å². The SMILES string of the molecule is NCc1ccc(Br)c(=O)[nH]1. The number of hydrogen-bond acceptors (Lipinski definition) is 2. The summed E-state index contributed by atoms with van der Waals surface area (Å²) in [5.74, 6) is 0. The van der Waals surface area contributed by atoms with Crippen molar-refractivity contribution < 1.29 is 0 Å². The minimum Gasteiger partial charge on any atom is -0.325 e. The van der Waals surface area contributed by atoms with Crippen molar-refractivity contribution >= 4 is 15.9 Å². The number of H-pyrrole nitrogens is 1. The van der Waals surface area contributed by atoms with Gasteiger partial charge in [-0.3, -0.25) is 4.79 Å². The summed E-state index contributed by atoms with van der Waals surface area (Å²) in [7, 11) is 0. The average molecular weight is 203 g/mol. The molecule has 4 heteroatoms. The maximum atomic E-state index is 10.8. The van der Waals surface area contributed by atoms with Gasteiger partial charge in [0.1, 0.15) is 0 Å². The topological polar surface area (TPSA) is 58.9 Å². The maximum Gasteiger partial charge on any atom is 0.262 e. The molecule has 0 aliphatic heterocycles. The minimum absolute atomic E-state index is 0.136. The molecule has 3 nitrogen and oxygen atoms in total. The molecular weight excluding hydrogens is 196 g/mol. The van der Waals surface area contributed by atoms with E-state index in [9.17, 15) is 4.79 Å². The molecule has 3 N–H and O–H groups in total. The molecule has 0 radical (unpaired) electrons. The Balaban J connectivity index is 3.17. The second-order valence-electron chi connectivity index (χ2n) is 1.86. The Labute approximate surface area is 66.4 Å². The summed E-state index contributed by atoms with van der Waals surface area (Å²) in [4.78, 5) is 13.4. The number of aromatic amines is 1. The van der Waals surface area contributed by atoms with Crippen LogP contribution in [0.15, 0.2) is 21.4 Å². The van der Waals surface area contributed by atoms with Gasteiger partial charge < -0.3 is 10.7 Å². The summed E-state index contributed by atoms with van der Waals surface area (Å²) in [6, 6.07) is 3.45. The zero-order chi connectivity index (χ0) is 7.56. The molecule has 0 fully saturated rings. The molecule has 0 aromatic carbocycles. The second-order valence-corrected chi connectivity index (χ2v) is 2.72. The average Bonchev–Trinajstić information content (AvgIpc) is 1.95. The molecule has 1 rings (SSSR count). The molecule has 0 amide bonds. The third kappa shape index (κ3) is 1.46. The Morgan fingerprint density at radius 2 is 2.30 bits per heavy atom. The first-order chi connectivity index (χ1) is 4.74. The standard InChI is InChI=1S/C6H7BrN2O/c7-5-2-1-4(3-8)9-6(5)10/h1-2H,3,8H2,(H,9,10). The second kappa shape index (κ2) is 2.98. The van der Waals surface area contributed by atoms with Gasteiger partial charge in [0.05, 0.1) is 4.47 Å². The van der Waals surface area contributed by atoms with Gasteiger partial charge in [-0.2, -0.15) is 0 Å². The first-order valence-corrected chi connectivity index (χ1v) is 3.61. The molecule has 10 heavy (non-hydrogen) atoms. The van der Waals surface area contributed by atoms with Crippen molar-refractivity contribution in [1.82, 2.24) is 4.98 Å². The Morgan fingerprint density at radius 3 is 2.80 bits per heavy atom. The molecule has 0 spiro atoms. The molecule has 1 aromatic rings. The van der Waals surface area contributed by atoms with Gasteiger partial charge in [-0.05, 0) is 28.1 Å². The summed E-state index contributed by atoms with van der Waals surface area (Å²) in [5.41, 5.74) is 5.89. The van der Waals surface area contributed by atoms with Gasteiger partial charge in [0, 0.05) is 12.2 Å². The number of rotatable bonds is 1. The number of nitrogens with two attached hydrogens (primary N) is 1. The maximum absolute atomic E-state index is 10.8. The van der Waals surface area contributed by atoms with E-state index in [2.05, 4.69) is 20.9 Å². The summed E-state index contributed by atoms with van der Waals surface area (Å²) in [6.45, 7) is 0.364. The fourth-order valence-electron chi connectivity index (χ4n) is 0.616. The lowest BCUT2D eigenvalue weighted by Crippen LogP contribution is -2.11. The Hall–Kier alpha value is -0.610. The van der Waals surface area contributed by atoms with Crippen LogP contribution >= 0.6 is 15.9 Å². The normalized spacial score (nSPS) is 9.80. The van der Waals surface area contributed by atoms with E-state index in [0.717, 1.165) is 5.69 Å². The van der Waals surface area contributed by atoms with Crippen LogP contribution in [0.5, 0.6) is 0 Å². The summed E-state index contributed by atoms with van der Waals surface area (Å²) >= 11 is 3.07. The van der Waals surface area contributed by atoms with Gasteiger partial charge in [-0.25, -0.2) is 0 Å². The van der Waals surface area contributed by atoms with E-state index >= 15 is 0 Å². The van der Waals surface area contributed by atoms with Crippen molar-refractivity contribution in [2.45, 2.75) is 6.54 Å². The molecule has 0 atom stereocenters. The van der Waals surface area contributed by atoms with E-state index in [0.29, 0.717) is 11.0 Å². The fraction of sp³-hybridized carbons (Fsp3) is 0.167. The third-order valence-electron chi connectivity index (χ3n) is 1.14. The van der Waals surface area contributed by atoms with Crippen molar-refractivity contribution in [3.63, 3.8) is 0 Å². The van der Waals surface area contributed by atoms with Crippen molar-refractivity contribution in [3.05, 3.63) is 32.7 Å². The van der Waals surface area contributed by atoms with Gasteiger partial charge in [-0.1, -0.05) is 0 Å². The van der Waals surface area contributed by atoms with Crippen molar-refractivity contribution in [3.8, 4) is 0 Å². The smallest absolute Gasteiger partial charge is 0.262 e. The van der Waals surface area contributed by atoms with Gasteiger partial charge in [-0.15, -0.1) is 0 Å². The van der Waals surface area contributed by atoms with Crippen molar-refractivity contribution in [2.75, 3.05) is 0 Å². The largest absolute Gasteiger partial charge is 0.325 e. The van der Waals surface area contributed by atoms with Crippen LogP contribution in [0.3, 0.4) is 0 Å². The minimum atomic E-state index is -0.136. The van der Waals surface area contributed by atoms with Crippen LogP contribution < -0.4 is 11.3 Å². The fourth-order valence-corrected chi connectivity index (χ4v) is 0.847. The van der Waals surface area contributed by atoms with Gasteiger partial charge >= 0.3 is 0 Å². The van der Waals surface area contributed by atoms with Crippen LogP contribution in [-0.4, -0.2) is 4.98 Å². The highest BCUT2D eigenvalue weighted by atomic mass is 79.9. The zero-order valence-corrected chi connectivity index (χ0v) is 6.81. The molecule has 0 saturated carbocycles. The molecule has 54 valence electrons. The monoisotopic (exact) mass is 202 g/mol. The number of halogens is 1. The quantitative estimate of drug-likeness (QED) is 0.701. The molecule has 1 heterocycles. The lowest BCUT2D eigenvalue weighted by Gasteiger charge is -1.94. The Morgan fingerprint density at radius 1 is 1.60 bits per heavy atom. The van der Waals surface area contributed by atoms with Crippen molar-refractivity contribution in [2.24, 2.45) is 5.73 Å². The molecule has 0 aliphatic carbocycles. The lowest BCUT2D eigenvalue weighted by molar-refractivity contribution is 0.968. The van der Waals surface area contributed by atoms with Crippen LogP contribution in [0, 0.1) is 0 Å². The van der Waals surface area contributed by atoms with E-state index in [1.54, 1.807) is 12.1 Å². The van der Waals surface area contributed by atoms with Gasteiger partial charge in [0.15, 0.2) is 0 Å². The number of aromatic nitrogens is 1. The molecule has 0 bridgehead atoms. The number of pyridine rings is 1. The summed E-state index contributed by atoms with van der Waals surface area (Å²) in [5, 5.41) is 0. The van der Waals surface area contributed by atoms with E-state index < -0.39 is 0 Å². The van der Waals surface area contributed by atoms with Gasteiger partial charge in [0.25, 0.3) is 5.56 Å². The van der Waals surface area contributed by atoms with Crippen molar-refractivity contribution in [1.29, 1.82) is 0 Å². The van der Waals surface area contributed by atoms with E-state index in [4.69, 9.17) is 5.73 Å². The first kappa shape index (κ1) is 7.50. The first-order valence-electron chi connectivity index (χ1n) is 2.82. The van der Waals surface area contributed by atoms with E-state index in [1.807, 2.05) is 0 Å². The third-order valence-corrected chi connectivity index (χ3v) is 1.77. The molecule has 0 aliphatic rings. The number of nitrogens with one attached hydrogen (secondary N) is 1. The van der Waals surface area contributed by atoms with Crippen LogP contribution in [0.2, 0.25) is 0 Å². The molecule has 1 aromatic heterocycles. The molecule has 0 saturated heterocycles. The predicted molar refractivity (Wildman–Crippen MR) is 42.7 cm³/mol. The van der Waals surface area contributed by atoms with E-state index in [1.165, 1.54) is 0 Å². The predicted octanol–water partition coefficient (Wildman–Crippen LogP) is 0.596. The van der Waals surface area contributed by atoms with Crippen LogP contribution in [0.1, 0.15) is 5.69 Å². The van der Waals surface area contributed by atoms with Gasteiger partial charge in [0.2, 0.25) is 0 Å².